The van der Waals surface area contributed by atoms with E-state index in [0.29, 0.717) is 17.9 Å². The number of carbonyl (C=O) groups excluding carboxylic acids is 1. The summed E-state index contributed by atoms with van der Waals surface area (Å²) in [6, 6.07) is 0.353. The third-order valence-electron chi connectivity index (χ3n) is 5.31. The minimum absolute atomic E-state index is 0.205. The molecule has 1 saturated carbocycles. The van der Waals surface area contributed by atoms with E-state index in [4.69, 9.17) is 4.74 Å². The van der Waals surface area contributed by atoms with Gasteiger partial charge in [0.1, 0.15) is 0 Å². The van der Waals surface area contributed by atoms with Gasteiger partial charge in [-0.3, -0.25) is 10.1 Å². The van der Waals surface area contributed by atoms with Crippen LogP contribution in [0.4, 0.5) is 0 Å². The zero-order valence-electron chi connectivity index (χ0n) is 13.0. The van der Waals surface area contributed by atoms with Gasteiger partial charge < -0.3 is 9.64 Å². The third kappa shape index (κ3) is 2.27. The maximum Gasteiger partial charge on any atom is 0.244 e. The monoisotopic (exact) mass is 280 g/mol. The quantitative estimate of drug-likeness (QED) is 0.844. The Morgan fingerprint density at radius 3 is 2.65 bits per heavy atom. The second-order valence-electron chi connectivity index (χ2n) is 7.19. The van der Waals surface area contributed by atoms with Gasteiger partial charge in [-0.2, -0.15) is 0 Å². The highest BCUT2D eigenvalue weighted by Crippen LogP contribution is 2.40. The van der Waals surface area contributed by atoms with E-state index in [2.05, 4.69) is 31.0 Å². The molecule has 0 aromatic heterocycles. The van der Waals surface area contributed by atoms with Gasteiger partial charge in [0, 0.05) is 12.6 Å². The van der Waals surface area contributed by atoms with Crippen LogP contribution in [-0.2, 0) is 9.53 Å². The number of nitrogens with one attached hydrogen (secondary N) is 1. The van der Waals surface area contributed by atoms with Gasteiger partial charge in [0.15, 0.2) is 0 Å². The first-order valence-electron chi connectivity index (χ1n) is 8.25. The zero-order chi connectivity index (χ0) is 14.3. The van der Waals surface area contributed by atoms with E-state index in [1.54, 1.807) is 0 Å². The summed E-state index contributed by atoms with van der Waals surface area (Å²) in [5.41, 5.74) is -0.240. The highest BCUT2D eigenvalue weighted by molar-refractivity contribution is 5.89. The minimum atomic E-state index is -0.240. The molecule has 3 fully saturated rings. The highest BCUT2D eigenvalue weighted by Gasteiger charge is 2.54. The van der Waals surface area contributed by atoms with Crippen molar-refractivity contribution in [2.45, 2.75) is 83.1 Å². The minimum Gasteiger partial charge on any atom is -0.378 e. The van der Waals surface area contributed by atoms with Gasteiger partial charge in [-0.1, -0.05) is 26.7 Å². The van der Waals surface area contributed by atoms with Gasteiger partial charge in [-0.05, 0) is 38.5 Å². The molecule has 3 unspecified atom stereocenters. The van der Waals surface area contributed by atoms with Crippen LogP contribution >= 0.6 is 0 Å². The van der Waals surface area contributed by atoms with Gasteiger partial charge >= 0.3 is 0 Å². The Morgan fingerprint density at radius 1 is 1.35 bits per heavy atom. The van der Waals surface area contributed by atoms with Crippen LogP contribution in [0.3, 0.4) is 0 Å². The lowest BCUT2D eigenvalue weighted by atomic mass is 9.96. The molecule has 114 valence electrons. The Hall–Kier alpha value is -0.610. The largest absolute Gasteiger partial charge is 0.378 e. The second kappa shape index (κ2) is 5.30. The standard InChI is InChI=1S/C16H28N2O2/c1-11(2)14-17-16(7-4-5-8-16)15(19)18(14)13-6-9-20-12(3)10-13/h11-14,17H,4-10H2,1-3H3. The SMILES string of the molecule is CC1CC(N2C(=O)C3(CCCC3)NC2C(C)C)CCO1. The zero-order valence-corrected chi connectivity index (χ0v) is 13.0. The van der Waals surface area contributed by atoms with Crippen molar-refractivity contribution >= 4 is 5.91 Å². The van der Waals surface area contributed by atoms with Gasteiger partial charge in [0.25, 0.3) is 0 Å². The topological polar surface area (TPSA) is 41.6 Å². The Labute approximate surface area is 122 Å². The molecule has 1 aliphatic carbocycles. The summed E-state index contributed by atoms with van der Waals surface area (Å²) in [4.78, 5) is 15.3. The molecule has 3 atom stereocenters. The fourth-order valence-corrected chi connectivity index (χ4v) is 4.23. The number of ether oxygens (including phenoxy) is 1. The molecular formula is C16H28N2O2. The number of carbonyl (C=O) groups is 1. The van der Waals surface area contributed by atoms with Crippen molar-refractivity contribution in [1.82, 2.24) is 10.2 Å². The lowest BCUT2D eigenvalue weighted by Gasteiger charge is -2.38. The second-order valence-corrected chi connectivity index (χ2v) is 7.19. The van der Waals surface area contributed by atoms with Crippen LogP contribution in [0.25, 0.3) is 0 Å². The number of rotatable bonds is 2. The molecule has 2 heterocycles. The first-order valence-corrected chi connectivity index (χ1v) is 8.25. The maximum atomic E-state index is 13.1. The molecule has 1 spiro atoms. The maximum absolute atomic E-state index is 13.1. The van der Waals surface area contributed by atoms with E-state index in [0.717, 1.165) is 32.3 Å². The summed E-state index contributed by atoms with van der Waals surface area (Å²) in [6.07, 6.45) is 6.84. The molecule has 1 N–H and O–H groups in total. The Morgan fingerprint density at radius 2 is 2.05 bits per heavy atom. The van der Waals surface area contributed by atoms with Crippen LogP contribution in [0.5, 0.6) is 0 Å². The molecule has 0 aromatic carbocycles. The van der Waals surface area contributed by atoms with Crippen LogP contribution in [0.1, 0.15) is 59.3 Å². The average Bonchev–Trinajstić information content (AvgIpc) is 2.98. The molecule has 20 heavy (non-hydrogen) atoms. The summed E-state index contributed by atoms with van der Waals surface area (Å²) in [6.45, 7) is 7.34. The van der Waals surface area contributed by atoms with E-state index >= 15 is 0 Å². The van der Waals surface area contributed by atoms with Crippen molar-refractivity contribution in [3.8, 4) is 0 Å². The molecule has 2 aliphatic heterocycles. The third-order valence-corrected chi connectivity index (χ3v) is 5.31. The normalized spacial score (nSPS) is 37.3. The van der Waals surface area contributed by atoms with E-state index in [9.17, 15) is 4.79 Å². The first kappa shape index (κ1) is 14.3. The molecular weight excluding hydrogens is 252 g/mol. The summed E-state index contributed by atoms with van der Waals surface area (Å²) in [5.74, 6) is 0.824. The molecule has 4 heteroatoms. The molecule has 0 bridgehead atoms. The molecule has 0 radical (unpaired) electrons. The number of amides is 1. The summed E-state index contributed by atoms with van der Waals surface area (Å²) < 4.78 is 5.66. The van der Waals surface area contributed by atoms with Crippen molar-refractivity contribution in [2.75, 3.05) is 6.61 Å². The van der Waals surface area contributed by atoms with Crippen LogP contribution in [-0.4, -0.2) is 41.3 Å². The highest BCUT2D eigenvalue weighted by atomic mass is 16.5. The fraction of sp³-hybridized carbons (Fsp3) is 0.938. The Kier molecular flexibility index (Phi) is 3.80. The number of hydrogen-bond donors (Lipinski definition) is 1. The predicted octanol–water partition coefficient (Wildman–Crippen LogP) is 2.28. The van der Waals surface area contributed by atoms with E-state index in [-0.39, 0.29) is 17.8 Å². The Bertz CT molecular complexity index is 377. The van der Waals surface area contributed by atoms with Crippen molar-refractivity contribution in [2.24, 2.45) is 5.92 Å². The predicted molar refractivity (Wildman–Crippen MR) is 78.2 cm³/mol. The molecule has 4 nitrogen and oxygen atoms in total. The summed E-state index contributed by atoms with van der Waals surface area (Å²) in [7, 11) is 0. The summed E-state index contributed by atoms with van der Waals surface area (Å²) in [5, 5.41) is 3.71. The molecule has 0 aromatic rings. The molecule has 1 amide bonds. The van der Waals surface area contributed by atoms with Gasteiger partial charge in [0.2, 0.25) is 5.91 Å². The van der Waals surface area contributed by atoms with Crippen molar-refractivity contribution in [3.63, 3.8) is 0 Å². The van der Waals surface area contributed by atoms with Gasteiger partial charge in [-0.25, -0.2) is 0 Å². The van der Waals surface area contributed by atoms with Crippen LogP contribution < -0.4 is 5.32 Å². The number of hydrogen-bond acceptors (Lipinski definition) is 3. The van der Waals surface area contributed by atoms with E-state index in [1.807, 2.05) is 0 Å². The fourth-order valence-electron chi connectivity index (χ4n) is 4.23. The summed E-state index contributed by atoms with van der Waals surface area (Å²) >= 11 is 0. The van der Waals surface area contributed by atoms with Crippen molar-refractivity contribution in [1.29, 1.82) is 0 Å². The first-order chi connectivity index (χ1) is 9.53. The van der Waals surface area contributed by atoms with Crippen LogP contribution in [0.15, 0.2) is 0 Å². The van der Waals surface area contributed by atoms with Gasteiger partial charge in [0.05, 0.1) is 17.8 Å². The van der Waals surface area contributed by atoms with Crippen LogP contribution in [0.2, 0.25) is 0 Å². The van der Waals surface area contributed by atoms with Crippen molar-refractivity contribution < 1.29 is 9.53 Å². The molecule has 3 rings (SSSR count). The Balaban J connectivity index is 1.84. The molecule has 3 aliphatic rings. The van der Waals surface area contributed by atoms with E-state index in [1.165, 1.54) is 12.8 Å². The van der Waals surface area contributed by atoms with Crippen LogP contribution in [0, 0.1) is 5.92 Å². The smallest absolute Gasteiger partial charge is 0.244 e. The molecule has 2 saturated heterocycles. The van der Waals surface area contributed by atoms with Crippen molar-refractivity contribution in [3.05, 3.63) is 0 Å². The number of nitrogens with zero attached hydrogens (tertiary/aromatic N) is 1. The van der Waals surface area contributed by atoms with Gasteiger partial charge in [-0.15, -0.1) is 0 Å². The lowest BCUT2D eigenvalue weighted by molar-refractivity contribution is -0.138. The van der Waals surface area contributed by atoms with E-state index < -0.39 is 0 Å². The lowest BCUT2D eigenvalue weighted by Crippen LogP contribution is -2.50. The average molecular weight is 280 g/mol.